The second-order valence-corrected chi connectivity index (χ2v) is 3.51. The maximum Gasteiger partial charge on any atom is 0.181 e. The molecule has 0 fully saturated rings. The van der Waals surface area contributed by atoms with Crippen molar-refractivity contribution in [3.05, 3.63) is 23.8 Å². The highest BCUT2D eigenvalue weighted by Crippen LogP contribution is 2.28. The molecule has 0 spiro atoms. The van der Waals surface area contributed by atoms with Crippen LogP contribution in [-0.4, -0.2) is 25.7 Å². The summed E-state index contributed by atoms with van der Waals surface area (Å²) in [6.07, 6.45) is 1.92. The summed E-state index contributed by atoms with van der Waals surface area (Å²) in [7, 11) is 1.55. The van der Waals surface area contributed by atoms with Gasteiger partial charge in [-0.25, -0.2) is 0 Å². The number of rotatable bonds is 4. The van der Waals surface area contributed by atoms with E-state index in [9.17, 15) is 4.79 Å². The summed E-state index contributed by atoms with van der Waals surface area (Å²) in [5, 5.41) is 0. The van der Waals surface area contributed by atoms with Crippen molar-refractivity contribution in [2.75, 3.05) is 19.9 Å². The van der Waals surface area contributed by atoms with E-state index in [0.29, 0.717) is 11.3 Å². The third-order valence-electron chi connectivity index (χ3n) is 1.89. The van der Waals surface area contributed by atoms with Crippen LogP contribution in [0.25, 0.3) is 0 Å². The number of ketones is 1. The highest BCUT2D eigenvalue weighted by Gasteiger charge is 2.14. The summed E-state index contributed by atoms with van der Waals surface area (Å²) in [4.78, 5) is 12.5. The first-order chi connectivity index (χ1) is 6.74. The van der Waals surface area contributed by atoms with Gasteiger partial charge in [0.2, 0.25) is 0 Å². The van der Waals surface area contributed by atoms with E-state index in [2.05, 4.69) is 0 Å². The molecule has 1 aromatic rings. The Morgan fingerprint density at radius 3 is 2.79 bits per heavy atom. The molecule has 0 atom stereocenters. The van der Waals surface area contributed by atoms with E-state index in [4.69, 9.17) is 10.5 Å². The average Bonchev–Trinajstić information content (AvgIpc) is 2.26. The summed E-state index contributed by atoms with van der Waals surface area (Å²) >= 11 is 1.51. The molecule has 1 aromatic carbocycles. The number of hydrogen-bond acceptors (Lipinski definition) is 4. The van der Waals surface area contributed by atoms with E-state index < -0.39 is 0 Å². The molecule has 0 heterocycles. The Morgan fingerprint density at radius 1 is 1.57 bits per heavy atom. The number of carbonyl (C=O) groups excluding carboxylic acids is 1. The van der Waals surface area contributed by atoms with Crippen LogP contribution >= 0.6 is 11.8 Å². The van der Waals surface area contributed by atoms with Crippen LogP contribution in [0.15, 0.2) is 23.1 Å². The summed E-state index contributed by atoms with van der Waals surface area (Å²) in [5.74, 6) is 0.499. The molecule has 3 nitrogen and oxygen atoms in total. The minimum Gasteiger partial charge on any atom is -0.496 e. The molecule has 0 aliphatic carbocycles. The molecule has 76 valence electrons. The fraction of sp³-hybridized carbons (Fsp3) is 0.300. The lowest BCUT2D eigenvalue weighted by Gasteiger charge is -2.10. The van der Waals surface area contributed by atoms with Gasteiger partial charge in [0.1, 0.15) is 5.75 Å². The number of methoxy groups -OCH3 is 1. The molecule has 0 unspecified atom stereocenters. The maximum absolute atomic E-state index is 11.6. The zero-order chi connectivity index (χ0) is 10.6. The lowest BCUT2D eigenvalue weighted by Crippen LogP contribution is -2.15. The summed E-state index contributed by atoms with van der Waals surface area (Å²) in [6.45, 7) is 0.00787. The van der Waals surface area contributed by atoms with Gasteiger partial charge in [-0.3, -0.25) is 4.79 Å². The number of nitrogens with two attached hydrogens (primary N) is 1. The molecule has 0 aliphatic rings. The van der Waals surface area contributed by atoms with Crippen LogP contribution in [0.1, 0.15) is 10.4 Å². The van der Waals surface area contributed by atoms with Crippen molar-refractivity contribution in [2.24, 2.45) is 5.73 Å². The third kappa shape index (κ3) is 2.08. The number of ether oxygens (including phenoxy) is 1. The Kier molecular flexibility index (Phi) is 3.98. The Balaban J connectivity index is 3.25. The molecule has 2 N–H and O–H groups in total. The molecule has 0 bridgehead atoms. The van der Waals surface area contributed by atoms with E-state index in [1.54, 1.807) is 13.2 Å². The van der Waals surface area contributed by atoms with Crippen LogP contribution in [-0.2, 0) is 0 Å². The van der Waals surface area contributed by atoms with E-state index in [1.807, 2.05) is 18.4 Å². The summed E-state index contributed by atoms with van der Waals surface area (Å²) in [5.41, 5.74) is 5.92. The van der Waals surface area contributed by atoms with Crippen LogP contribution in [0.5, 0.6) is 5.75 Å². The zero-order valence-corrected chi connectivity index (χ0v) is 9.06. The van der Waals surface area contributed by atoms with Crippen LogP contribution in [0.4, 0.5) is 0 Å². The Hall–Kier alpha value is -1.00. The molecule has 0 saturated carbocycles. The third-order valence-corrected chi connectivity index (χ3v) is 2.67. The van der Waals surface area contributed by atoms with Crippen LogP contribution in [0, 0.1) is 0 Å². The van der Waals surface area contributed by atoms with E-state index in [1.165, 1.54) is 11.8 Å². The van der Waals surface area contributed by atoms with Crippen molar-refractivity contribution in [3.8, 4) is 5.75 Å². The van der Waals surface area contributed by atoms with Gasteiger partial charge in [-0.05, 0) is 18.4 Å². The lowest BCUT2D eigenvalue weighted by molar-refractivity contribution is 0.0995. The van der Waals surface area contributed by atoms with E-state index in [-0.39, 0.29) is 12.3 Å². The quantitative estimate of drug-likeness (QED) is 0.606. The summed E-state index contributed by atoms with van der Waals surface area (Å²) < 4.78 is 5.12. The van der Waals surface area contributed by atoms with Crippen LogP contribution in [0.3, 0.4) is 0 Å². The van der Waals surface area contributed by atoms with Gasteiger partial charge in [0.05, 0.1) is 19.2 Å². The standard InChI is InChI=1S/C10H13NO2S/c1-13-8-4-3-5-9(14-2)10(8)7(12)6-11/h3-5H,6,11H2,1-2H3. The molecule has 0 aliphatic heterocycles. The smallest absolute Gasteiger partial charge is 0.181 e. The normalized spacial score (nSPS) is 9.93. The number of benzene rings is 1. The maximum atomic E-state index is 11.6. The minimum absolute atomic E-state index is 0.00787. The molecule has 0 aromatic heterocycles. The molecular formula is C10H13NO2S. The second-order valence-electron chi connectivity index (χ2n) is 2.66. The van der Waals surface area contributed by atoms with Gasteiger partial charge in [0.15, 0.2) is 5.78 Å². The van der Waals surface area contributed by atoms with Crippen LogP contribution in [0.2, 0.25) is 0 Å². The largest absolute Gasteiger partial charge is 0.496 e. The summed E-state index contributed by atoms with van der Waals surface area (Å²) in [6, 6.07) is 5.51. The first-order valence-electron chi connectivity index (χ1n) is 4.18. The first-order valence-corrected chi connectivity index (χ1v) is 5.41. The number of Topliss-reactive ketones (excluding diaryl/α,β-unsaturated/α-hetero) is 1. The topological polar surface area (TPSA) is 52.3 Å². The van der Waals surface area contributed by atoms with Crippen molar-refractivity contribution in [2.45, 2.75) is 4.90 Å². The minimum atomic E-state index is -0.0909. The van der Waals surface area contributed by atoms with Gasteiger partial charge in [0, 0.05) is 4.90 Å². The second kappa shape index (κ2) is 5.02. The van der Waals surface area contributed by atoms with Gasteiger partial charge in [0.25, 0.3) is 0 Å². The highest BCUT2D eigenvalue weighted by atomic mass is 32.2. The van der Waals surface area contributed by atoms with Crippen molar-refractivity contribution < 1.29 is 9.53 Å². The van der Waals surface area contributed by atoms with Gasteiger partial charge < -0.3 is 10.5 Å². The molecule has 0 radical (unpaired) electrons. The molecule has 4 heteroatoms. The van der Waals surface area contributed by atoms with Crippen molar-refractivity contribution in [1.82, 2.24) is 0 Å². The number of carbonyl (C=O) groups is 1. The Bertz CT molecular complexity index is 317. The van der Waals surface area contributed by atoms with Gasteiger partial charge in [-0.1, -0.05) is 6.07 Å². The molecule has 1 rings (SSSR count). The van der Waals surface area contributed by atoms with Crippen molar-refractivity contribution >= 4 is 17.5 Å². The molecular weight excluding hydrogens is 198 g/mol. The lowest BCUT2D eigenvalue weighted by atomic mass is 10.1. The molecule has 14 heavy (non-hydrogen) atoms. The fourth-order valence-electron chi connectivity index (χ4n) is 1.23. The molecule has 0 saturated heterocycles. The Labute approximate surface area is 87.6 Å². The highest BCUT2D eigenvalue weighted by molar-refractivity contribution is 7.98. The molecule has 0 amide bonds. The van der Waals surface area contributed by atoms with E-state index in [0.717, 1.165) is 4.90 Å². The first kappa shape index (κ1) is 11.1. The van der Waals surface area contributed by atoms with Crippen molar-refractivity contribution in [3.63, 3.8) is 0 Å². The van der Waals surface area contributed by atoms with Crippen LogP contribution < -0.4 is 10.5 Å². The average molecular weight is 211 g/mol. The monoisotopic (exact) mass is 211 g/mol. The van der Waals surface area contributed by atoms with Crippen molar-refractivity contribution in [1.29, 1.82) is 0 Å². The van der Waals surface area contributed by atoms with Gasteiger partial charge in [-0.2, -0.15) is 0 Å². The van der Waals surface area contributed by atoms with Gasteiger partial charge in [-0.15, -0.1) is 11.8 Å². The SMILES string of the molecule is COc1cccc(SC)c1C(=O)CN. The number of thioether (sulfide) groups is 1. The van der Waals surface area contributed by atoms with Gasteiger partial charge >= 0.3 is 0 Å². The zero-order valence-electron chi connectivity index (χ0n) is 8.24. The predicted molar refractivity (Wildman–Crippen MR) is 58.2 cm³/mol. The fourth-order valence-corrected chi connectivity index (χ4v) is 1.86. The Morgan fingerprint density at radius 2 is 2.29 bits per heavy atom. The predicted octanol–water partition coefficient (Wildman–Crippen LogP) is 1.56. The number of hydrogen-bond donors (Lipinski definition) is 1. The van der Waals surface area contributed by atoms with E-state index >= 15 is 0 Å².